The molecule has 0 spiro atoms. The lowest BCUT2D eigenvalue weighted by atomic mass is 10.5. The molecule has 0 aliphatic rings. The summed E-state index contributed by atoms with van der Waals surface area (Å²) in [5.74, 6) is 0. The average molecular weight is 167 g/mol. The fourth-order valence-electron chi connectivity index (χ4n) is 0.807. The lowest BCUT2D eigenvalue weighted by molar-refractivity contribution is 0.946. The zero-order valence-electron chi connectivity index (χ0n) is 5.77. The quantitative estimate of drug-likeness (QED) is 0.625. The Bertz CT molecular complexity index is 370. The van der Waals surface area contributed by atoms with Crippen LogP contribution in [-0.2, 0) is 0 Å². The van der Waals surface area contributed by atoms with E-state index in [1.54, 1.807) is 18.0 Å². The van der Waals surface area contributed by atoms with E-state index in [0.29, 0.717) is 5.65 Å². The predicted molar refractivity (Wildman–Crippen MR) is 41.3 cm³/mol. The van der Waals surface area contributed by atoms with Gasteiger partial charge in [0.05, 0.1) is 11.1 Å². The highest BCUT2D eigenvalue weighted by atomic mass is 32.2. The van der Waals surface area contributed by atoms with Gasteiger partial charge in [-0.3, -0.25) is 0 Å². The molecule has 2 aromatic heterocycles. The molecule has 2 aromatic rings. The molecule has 0 amide bonds. The smallest absolute Gasteiger partial charge is 0.195 e. The number of aromatic amines is 1. The van der Waals surface area contributed by atoms with E-state index in [4.69, 9.17) is 0 Å². The van der Waals surface area contributed by atoms with E-state index in [1.807, 2.05) is 6.26 Å². The Kier molecular flexibility index (Phi) is 1.46. The van der Waals surface area contributed by atoms with Crippen LogP contribution in [0.5, 0.6) is 0 Å². The number of rotatable bonds is 1. The number of nitrogens with zero attached hydrogens (tertiary/aromatic N) is 4. The highest BCUT2D eigenvalue weighted by Gasteiger charge is 2.04. The number of H-pyrrole nitrogens is 1. The fourth-order valence-corrected chi connectivity index (χ4v) is 1.29. The maximum Gasteiger partial charge on any atom is 0.224 e. The van der Waals surface area contributed by atoms with Crippen molar-refractivity contribution in [2.75, 3.05) is 6.26 Å². The minimum Gasteiger partial charge on any atom is -0.195 e. The standard InChI is InChI=1S/C5H5N5S/c1-11-3-2-6-8-5-4(3)7-10-9-5/h2H,1H3,(H,7,8,9,10). The van der Waals surface area contributed by atoms with Gasteiger partial charge in [0, 0.05) is 0 Å². The van der Waals surface area contributed by atoms with Crippen LogP contribution in [0.4, 0.5) is 0 Å². The molecule has 5 nitrogen and oxygen atoms in total. The molecule has 56 valence electrons. The Morgan fingerprint density at radius 3 is 3.18 bits per heavy atom. The molecular formula is C5H5N5S. The van der Waals surface area contributed by atoms with Crippen molar-refractivity contribution < 1.29 is 0 Å². The normalized spacial score (nSPS) is 10.6. The third kappa shape index (κ3) is 0.949. The van der Waals surface area contributed by atoms with Crippen molar-refractivity contribution in [1.82, 2.24) is 25.6 Å². The second-order valence-electron chi connectivity index (χ2n) is 1.91. The van der Waals surface area contributed by atoms with Crippen molar-refractivity contribution in [3.05, 3.63) is 6.20 Å². The summed E-state index contributed by atoms with van der Waals surface area (Å²) in [5.41, 5.74) is 1.35. The summed E-state index contributed by atoms with van der Waals surface area (Å²) in [7, 11) is 0. The minimum absolute atomic E-state index is 0.567. The van der Waals surface area contributed by atoms with Gasteiger partial charge in [0.15, 0.2) is 0 Å². The van der Waals surface area contributed by atoms with Crippen molar-refractivity contribution in [2.45, 2.75) is 4.90 Å². The predicted octanol–water partition coefficient (Wildman–Crippen LogP) is 0.470. The van der Waals surface area contributed by atoms with Gasteiger partial charge in [0.2, 0.25) is 5.65 Å². The van der Waals surface area contributed by atoms with Crippen LogP contribution < -0.4 is 0 Å². The Hall–Kier alpha value is -1.17. The first kappa shape index (κ1) is 6.53. The van der Waals surface area contributed by atoms with E-state index in [9.17, 15) is 0 Å². The lowest BCUT2D eigenvalue weighted by Gasteiger charge is -1.91. The molecule has 2 heterocycles. The molecular weight excluding hydrogens is 162 g/mol. The summed E-state index contributed by atoms with van der Waals surface area (Å²) in [6, 6.07) is 0. The summed E-state index contributed by atoms with van der Waals surface area (Å²) in [4.78, 5) is 0.990. The maximum atomic E-state index is 3.93. The maximum absolute atomic E-state index is 3.93. The van der Waals surface area contributed by atoms with Gasteiger partial charge in [-0.2, -0.15) is 15.4 Å². The molecule has 0 saturated carbocycles. The van der Waals surface area contributed by atoms with E-state index in [-0.39, 0.29) is 0 Å². The number of nitrogens with one attached hydrogen (secondary N) is 1. The van der Waals surface area contributed by atoms with E-state index in [2.05, 4.69) is 25.6 Å². The van der Waals surface area contributed by atoms with Crippen molar-refractivity contribution in [2.24, 2.45) is 0 Å². The van der Waals surface area contributed by atoms with E-state index < -0.39 is 0 Å². The SMILES string of the molecule is CSc1cnnc2n[nH]nc12. The molecule has 0 unspecified atom stereocenters. The van der Waals surface area contributed by atoms with Crippen molar-refractivity contribution in [3.8, 4) is 0 Å². The van der Waals surface area contributed by atoms with Crippen LogP contribution in [0, 0.1) is 0 Å². The molecule has 0 aliphatic carbocycles. The van der Waals surface area contributed by atoms with E-state index >= 15 is 0 Å². The first-order valence-electron chi connectivity index (χ1n) is 2.98. The van der Waals surface area contributed by atoms with E-state index in [1.165, 1.54) is 0 Å². The van der Waals surface area contributed by atoms with Gasteiger partial charge in [-0.15, -0.1) is 22.0 Å². The molecule has 0 fully saturated rings. The Labute approximate surface area is 66.6 Å². The molecule has 1 N–H and O–H groups in total. The van der Waals surface area contributed by atoms with Crippen LogP contribution in [0.15, 0.2) is 11.1 Å². The van der Waals surface area contributed by atoms with Gasteiger partial charge in [-0.05, 0) is 6.26 Å². The topological polar surface area (TPSA) is 67.3 Å². The second-order valence-corrected chi connectivity index (χ2v) is 2.76. The summed E-state index contributed by atoms with van der Waals surface area (Å²) in [5, 5.41) is 17.8. The minimum atomic E-state index is 0.567. The van der Waals surface area contributed by atoms with Gasteiger partial charge in [0.25, 0.3) is 0 Å². The summed E-state index contributed by atoms with van der Waals surface area (Å²) < 4.78 is 0. The molecule has 0 aromatic carbocycles. The molecule has 6 heteroatoms. The number of thioether (sulfide) groups is 1. The Balaban J connectivity index is 2.79. The van der Waals surface area contributed by atoms with Gasteiger partial charge in [0.1, 0.15) is 5.52 Å². The Morgan fingerprint density at radius 1 is 1.45 bits per heavy atom. The van der Waals surface area contributed by atoms with E-state index in [0.717, 1.165) is 10.4 Å². The van der Waals surface area contributed by atoms with Gasteiger partial charge in [-0.25, -0.2) is 0 Å². The van der Waals surface area contributed by atoms with Crippen molar-refractivity contribution in [3.63, 3.8) is 0 Å². The van der Waals surface area contributed by atoms with Crippen LogP contribution >= 0.6 is 11.8 Å². The number of fused-ring (bicyclic) bond motifs is 1. The highest BCUT2D eigenvalue weighted by molar-refractivity contribution is 7.98. The van der Waals surface area contributed by atoms with Gasteiger partial charge in [-0.1, -0.05) is 0 Å². The molecule has 0 bridgehead atoms. The third-order valence-electron chi connectivity index (χ3n) is 1.31. The number of hydrogen-bond donors (Lipinski definition) is 1. The largest absolute Gasteiger partial charge is 0.224 e. The van der Waals surface area contributed by atoms with Crippen LogP contribution in [0.1, 0.15) is 0 Å². The highest BCUT2D eigenvalue weighted by Crippen LogP contribution is 2.19. The summed E-state index contributed by atoms with van der Waals surface area (Å²) in [6.07, 6.45) is 3.64. The molecule has 0 radical (unpaired) electrons. The van der Waals surface area contributed by atoms with Gasteiger partial charge >= 0.3 is 0 Å². The molecule has 0 aliphatic heterocycles. The first-order valence-corrected chi connectivity index (χ1v) is 4.20. The lowest BCUT2D eigenvalue weighted by Crippen LogP contribution is -1.83. The molecule has 11 heavy (non-hydrogen) atoms. The fraction of sp³-hybridized carbons (Fsp3) is 0.200. The zero-order valence-corrected chi connectivity index (χ0v) is 6.59. The van der Waals surface area contributed by atoms with Crippen LogP contribution in [0.2, 0.25) is 0 Å². The number of hydrogen-bond acceptors (Lipinski definition) is 5. The van der Waals surface area contributed by atoms with Gasteiger partial charge < -0.3 is 0 Å². The molecule has 2 rings (SSSR count). The number of aromatic nitrogens is 5. The Morgan fingerprint density at radius 2 is 2.36 bits per heavy atom. The monoisotopic (exact) mass is 167 g/mol. The average Bonchev–Trinajstić information content (AvgIpc) is 2.50. The van der Waals surface area contributed by atoms with Crippen LogP contribution in [0.3, 0.4) is 0 Å². The van der Waals surface area contributed by atoms with Crippen LogP contribution in [0.25, 0.3) is 11.2 Å². The first-order chi connectivity index (χ1) is 5.42. The molecule has 0 saturated heterocycles. The third-order valence-corrected chi connectivity index (χ3v) is 2.05. The second kappa shape index (κ2) is 2.46. The zero-order chi connectivity index (χ0) is 7.68. The van der Waals surface area contributed by atoms with Crippen LogP contribution in [-0.4, -0.2) is 31.9 Å². The summed E-state index contributed by atoms with van der Waals surface area (Å²) in [6.45, 7) is 0. The molecule has 0 atom stereocenters. The van der Waals surface area contributed by atoms with Crippen molar-refractivity contribution >= 4 is 22.9 Å². The van der Waals surface area contributed by atoms with Crippen molar-refractivity contribution in [1.29, 1.82) is 0 Å². The summed E-state index contributed by atoms with van der Waals surface area (Å²) >= 11 is 1.58.